The molecule has 2 aromatic rings. The smallest absolute Gasteiger partial charge is 0.251 e. The Bertz CT molecular complexity index is 716. The van der Waals surface area contributed by atoms with Crippen LogP contribution in [0.3, 0.4) is 0 Å². The van der Waals surface area contributed by atoms with E-state index in [1.54, 1.807) is 18.2 Å². The Morgan fingerprint density at radius 2 is 1.75 bits per heavy atom. The zero-order chi connectivity index (χ0) is 16.8. The Hall–Kier alpha value is -2.66. The highest BCUT2D eigenvalue weighted by molar-refractivity contribution is 6.04. The number of rotatable bonds is 7. The third kappa shape index (κ3) is 3.81. The van der Waals surface area contributed by atoms with Crippen LogP contribution in [0.4, 0.5) is 0 Å². The molecule has 124 valence electrons. The summed E-state index contributed by atoms with van der Waals surface area (Å²) in [6, 6.07) is 16.4. The van der Waals surface area contributed by atoms with Gasteiger partial charge in [-0.05, 0) is 37.2 Å². The van der Waals surface area contributed by atoms with Crippen LogP contribution in [0.15, 0.2) is 54.6 Å². The molecule has 1 heterocycles. The first kappa shape index (κ1) is 16.2. The van der Waals surface area contributed by atoms with Crippen molar-refractivity contribution in [1.29, 1.82) is 0 Å². The number of benzene rings is 2. The number of hydrogen-bond acceptors (Lipinski definition) is 4. The lowest BCUT2D eigenvalue weighted by Crippen LogP contribution is -2.35. The summed E-state index contributed by atoms with van der Waals surface area (Å²) in [4.78, 5) is 24.0. The fourth-order valence-corrected chi connectivity index (χ4v) is 2.63. The lowest BCUT2D eigenvalue weighted by Gasteiger charge is -2.11. The molecule has 0 saturated heterocycles. The van der Waals surface area contributed by atoms with Crippen molar-refractivity contribution in [2.24, 2.45) is 0 Å². The lowest BCUT2D eigenvalue weighted by molar-refractivity contribution is 0.0857. The summed E-state index contributed by atoms with van der Waals surface area (Å²) in [5, 5.41) is 6.08. The van der Waals surface area contributed by atoms with Crippen molar-refractivity contribution in [2.45, 2.75) is 12.5 Å². The Labute approximate surface area is 141 Å². The number of hydrogen-bond donors (Lipinski definition) is 2. The zero-order valence-electron chi connectivity index (χ0n) is 13.3. The van der Waals surface area contributed by atoms with Gasteiger partial charge >= 0.3 is 0 Å². The van der Waals surface area contributed by atoms with E-state index in [0.29, 0.717) is 36.5 Å². The molecule has 0 fully saturated rings. The maximum atomic E-state index is 12.1. The van der Waals surface area contributed by atoms with Gasteiger partial charge in [0, 0.05) is 18.7 Å². The van der Waals surface area contributed by atoms with E-state index in [1.807, 2.05) is 36.4 Å². The van der Waals surface area contributed by atoms with Gasteiger partial charge in [-0.2, -0.15) is 0 Å². The highest BCUT2D eigenvalue weighted by Gasteiger charge is 2.31. The second kappa shape index (κ2) is 7.75. The minimum atomic E-state index is -0.457. The molecule has 2 aromatic carbocycles. The summed E-state index contributed by atoms with van der Waals surface area (Å²) >= 11 is 0. The Morgan fingerprint density at radius 3 is 2.54 bits per heavy atom. The number of carbonyl (C=O) groups is 2. The average molecular weight is 324 g/mol. The van der Waals surface area contributed by atoms with Gasteiger partial charge in [0.2, 0.25) is 5.78 Å². The van der Waals surface area contributed by atoms with E-state index in [0.717, 1.165) is 6.42 Å². The van der Waals surface area contributed by atoms with Gasteiger partial charge in [0.25, 0.3) is 5.91 Å². The molecule has 1 atom stereocenters. The Kier molecular flexibility index (Phi) is 5.23. The van der Waals surface area contributed by atoms with Crippen LogP contribution in [-0.4, -0.2) is 37.4 Å². The lowest BCUT2D eigenvalue weighted by atomic mass is 10.1. The average Bonchev–Trinajstić information content (AvgIpc) is 2.95. The maximum absolute atomic E-state index is 12.1. The quantitative estimate of drug-likeness (QED) is 0.765. The fraction of sp³-hybridized carbons (Fsp3) is 0.263. The maximum Gasteiger partial charge on any atom is 0.251 e. The van der Waals surface area contributed by atoms with Crippen LogP contribution in [-0.2, 0) is 0 Å². The molecule has 24 heavy (non-hydrogen) atoms. The molecule has 5 heteroatoms. The standard InChI is InChI=1S/C19H20N2O3/c22-18-15-9-4-5-10-16(15)24-17(18)13-20-11-6-12-21-19(23)14-7-2-1-3-8-14/h1-5,7-10,17,20H,6,11-13H2,(H,21,23). The van der Waals surface area contributed by atoms with E-state index in [9.17, 15) is 9.59 Å². The van der Waals surface area contributed by atoms with Gasteiger partial charge < -0.3 is 15.4 Å². The van der Waals surface area contributed by atoms with E-state index in [-0.39, 0.29) is 11.7 Å². The first-order chi connectivity index (χ1) is 11.8. The van der Waals surface area contributed by atoms with Gasteiger partial charge in [-0.25, -0.2) is 0 Å². The summed E-state index contributed by atoms with van der Waals surface area (Å²) in [7, 11) is 0. The number of para-hydroxylation sites is 1. The topological polar surface area (TPSA) is 67.4 Å². The van der Waals surface area contributed by atoms with Gasteiger partial charge in [-0.15, -0.1) is 0 Å². The second-order valence-corrected chi connectivity index (χ2v) is 5.65. The van der Waals surface area contributed by atoms with Crippen molar-refractivity contribution in [3.8, 4) is 5.75 Å². The van der Waals surface area contributed by atoms with Crippen molar-refractivity contribution in [3.63, 3.8) is 0 Å². The molecule has 5 nitrogen and oxygen atoms in total. The first-order valence-corrected chi connectivity index (χ1v) is 8.09. The molecule has 3 rings (SSSR count). The van der Waals surface area contributed by atoms with Crippen LogP contribution in [0, 0.1) is 0 Å². The molecule has 1 aliphatic rings. The zero-order valence-corrected chi connectivity index (χ0v) is 13.3. The molecular formula is C19H20N2O3. The molecular weight excluding hydrogens is 304 g/mol. The van der Waals surface area contributed by atoms with E-state index < -0.39 is 6.10 Å². The van der Waals surface area contributed by atoms with Crippen molar-refractivity contribution in [1.82, 2.24) is 10.6 Å². The van der Waals surface area contributed by atoms with Gasteiger partial charge in [0.1, 0.15) is 5.75 Å². The number of amides is 1. The fourth-order valence-electron chi connectivity index (χ4n) is 2.63. The molecule has 0 aliphatic carbocycles. The summed E-state index contributed by atoms with van der Waals surface area (Å²) in [6.07, 6.45) is 0.327. The van der Waals surface area contributed by atoms with E-state index in [1.165, 1.54) is 0 Å². The molecule has 1 unspecified atom stereocenters. The van der Waals surface area contributed by atoms with Crippen molar-refractivity contribution < 1.29 is 14.3 Å². The van der Waals surface area contributed by atoms with Crippen LogP contribution >= 0.6 is 0 Å². The second-order valence-electron chi connectivity index (χ2n) is 5.65. The molecule has 2 N–H and O–H groups in total. The minimum Gasteiger partial charge on any atom is -0.480 e. The van der Waals surface area contributed by atoms with Crippen molar-refractivity contribution in [3.05, 3.63) is 65.7 Å². The predicted molar refractivity (Wildman–Crippen MR) is 91.5 cm³/mol. The number of carbonyl (C=O) groups excluding carboxylic acids is 2. The SMILES string of the molecule is O=C(NCCCNCC1Oc2ccccc2C1=O)c1ccccc1. The van der Waals surface area contributed by atoms with Crippen LogP contribution in [0.2, 0.25) is 0 Å². The largest absolute Gasteiger partial charge is 0.480 e. The third-order valence-electron chi connectivity index (χ3n) is 3.90. The monoisotopic (exact) mass is 324 g/mol. The molecule has 1 aliphatic heterocycles. The highest BCUT2D eigenvalue weighted by Crippen LogP contribution is 2.27. The Morgan fingerprint density at radius 1 is 1.00 bits per heavy atom. The normalized spacial score (nSPS) is 15.7. The third-order valence-corrected chi connectivity index (χ3v) is 3.90. The van der Waals surface area contributed by atoms with Crippen LogP contribution < -0.4 is 15.4 Å². The predicted octanol–water partition coefficient (Wildman–Crippen LogP) is 2.04. The molecule has 0 bridgehead atoms. The highest BCUT2D eigenvalue weighted by atomic mass is 16.5. The van der Waals surface area contributed by atoms with E-state index in [4.69, 9.17) is 4.74 Å². The van der Waals surface area contributed by atoms with Crippen molar-refractivity contribution in [2.75, 3.05) is 19.6 Å². The van der Waals surface area contributed by atoms with E-state index in [2.05, 4.69) is 10.6 Å². The molecule has 0 radical (unpaired) electrons. The van der Waals surface area contributed by atoms with Gasteiger partial charge in [0.15, 0.2) is 6.10 Å². The van der Waals surface area contributed by atoms with E-state index >= 15 is 0 Å². The van der Waals surface area contributed by atoms with Gasteiger partial charge in [0.05, 0.1) is 5.56 Å². The molecule has 1 amide bonds. The summed E-state index contributed by atoms with van der Waals surface area (Å²) in [5.41, 5.74) is 1.31. The Balaban J connectivity index is 1.33. The number of ketones is 1. The number of Topliss-reactive ketones (excluding diaryl/α,β-unsaturated/α-hetero) is 1. The van der Waals surface area contributed by atoms with Crippen LogP contribution in [0.5, 0.6) is 5.75 Å². The summed E-state index contributed by atoms with van der Waals surface area (Å²) in [6.45, 7) is 1.76. The van der Waals surface area contributed by atoms with Crippen LogP contribution in [0.25, 0.3) is 0 Å². The van der Waals surface area contributed by atoms with Crippen molar-refractivity contribution >= 4 is 11.7 Å². The summed E-state index contributed by atoms with van der Waals surface area (Å²) in [5.74, 6) is 0.611. The number of ether oxygens (including phenoxy) is 1. The molecule has 0 saturated carbocycles. The number of nitrogens with one attached hydrogen (secondary N) is 2. The minimum absolute atomic E-state index is 0.0236. The van der Waals surface area contributed by atoms with Crippen LogP contribution in [0.1, 0.15) is 27.1 Å². The van der Waals surface area contributed by atoms with Gasteiger partial charge in [-0.3, -0.25) is 9.59 Å². The molecule has 0 spiro atoms. The molecule has 0 aromatic heterocycles. The number of fused-ring (bicyclic) bond motifs is 1. The first-order valence-electron chi connectivity index (χ1n) is 8.09. The summed E-state index contributed by atoms with van der Waals surface area (Å²) < 4.78 is 5.64. The van der Waals surface area contributed by atoms with Gasteiger partial charge in [-0.1, -0.05) is 30.3 Å².